The third kappa shape index (κ3) is 8.84. The van der Waals surface area contributed by atoms with Gasteiger partial charge in [-0.15, -0.1) is 4.36 Å². The van der Waals surface area contributed by atoms with E-state index in [2.05, 4.69) is 60.4 Å². The summed E-state index contributed by atoms with van der Waals surface area (Å²) in [4.78, 5) is 31.2. The van der Waals surface area contributed by atoms with Gasteiger partial charge in [0.25, 0.3) is 5.91 Å². The van der Waals surface area contributed by atoms with Crippen LogP contribution in [0.1, 0.15) is 61.5 Å². The highest BCUT2D eigenvalue weighted by Crippen LogP contribution is 2.36. The standard InChI is InChI=1S/C30H40F2N4O5SSi/c1-21-22(11-9-18-41-43(6,7)29(2,3)4)20-33-26(36-16-10-14-30(31,32)15-17-36)25(21)27(37)34-23-12-8-13-24(19-23)42(5,40)35-28(38)39/h8,12-13,19-20H,10,14-18H2,1-7H3,(H,34,37)(H,38,39). The molecule has 1 aliphatic heterocycles. The molecule has 2 amide bonds. The number of carboxylic acid groups (broad SMARTS) is 1. The lowest BCUT2D eigenvalue weighted by atomic mass is 10.0. The number of hydrogen-bond acceptors (Lipinski definition) is 6. The average molecular weight is 635 g/mol. The quantitative estimate of drug-likeness (QED) is 0.266. The summed E-state index contributed by atoms with van der Waals surface area (Å²) in [6, 6.07) is 5.94. The normalized spacial score (nSPS) is 16.7. The van der Waals surface area contributed by atoms with Gasteiger partial charge >= 0.3 is 6.09 Å². The van der Waals surface area contributed by atoms with Crippen LogP contribution in [0.3, 0.4) is 0 Å². The predicted octanol–water partition coefficient (Wildman–Crippen LogP) is 6.78. The van der Waals surface area contributed by atoms with Crippen molar-refractivity contribution >= 4 is 41.6 Å². The number of halogens is 2. The molecule has 2 heterocycles. The largest absolute Gasteiger partial charge is 0.463 e. The topological polar surface area (TPSA) is 121 Å². The number of benzene rings is 1. The van der Waals surface area contributed by atoms with Gasteiger partial charge in [0, 0.05) is 54.5 Å². The van der Waals surface area contributed by atoms with Gasteiger partial charge in [-0.05, 0) is 55.2 Å². The number of nitrogens with zero attached hydrogens (tertiary/aromatic N) is 3. The molecule has 0 aliphatic carbocycles. The Morgan fingerprint density at radius 1 is 1.26 bits per heavy atom. The number of nitrogens with one attached hydrogen (secondary N) is 1. The molecule has 234 valence electrons. The number of carbonyl (C=O) groups is 2. The van der Waals surface area contributed by atoms with Crippen LogP contribution in [0.25, 0.3) is 0 Å². The maximum Gasteiger partial charge on any atom is 0.439 e. The summed E-state index contributed by atoms with van der Waals surface area (Å²) in [6.07, 6.45) is 0.808. The molecule has 0 saturated carbocycles. The fourth-order valence-electron chi connectivity index (χ4n) is 4.27. The van der Waals surface area contributed by atoms with Gasteiger partial charge in [0.05, 0.1) is 21.9 Å². The molecule has 9 nitrogen and oxygen atoms in total. The lowest BCUT2D eigenvalue weighted by molar-refractivity contribution is -0.0102. The first kappa shape index (κ1) is 34.2. The summed E-state index contributed by atoms with van der Waals surface area (Å²) in [5, 5.41) is 11.8. The molecule has 0 spiro atoms. The fourth-order valence-corrected chi connectivity index (χ4v) is 6.22. The molecule has 2 aromatic rings. The predicted molar refractivity (Wildman–Crippen MR) is 167 cm³/mol. The molecule has 3 rings (SSSR count). The van der Waals surface area contributed by atoms with Crippen LogP contribution in [0.4, 0.5) is 25.1 Å². The van der Waals surface area contributed by atoms with Gasteiger partial charge in [-0.25, -0.2) is 22.8 Å². The van der Waals surface area contributed by atoms with Gasteiger partial charge in [-0.3, -0.25) is 4.79 Å². The molecule has 1 aromatic carbocycles. The van der Waals surface area contributed by atoms with E-state index in [1.54, 1.807) is 24.1 Å². The summed E-state index contributed by atoms with van der Waals surface area (Å²) >= 11 is 0. The first-order chi connectivity index (χ1) is 19.8. The maximum atomic E-state index is 14.2. The van der Waals surface area contributed by atoms with Crippen molar-refractivity contribution in [3.05, 3.63) is 47.2 Å². The highest BCUT2D eigenvalue weighted by molar-refractivity contribution is 7.93. The molecule has 1 aliphatic rings. The summed E-state index contributed by atoms with van der Waals surface area (Å²) < 4.78 is 50.6. The van der Waals surface area contributed by atoms with Gasteiger partial charge in [-0.2, -0.15) is 0 Å². The van der Waals surface area contributed by atoms with E-state index in [9.17, 15) is 22.6 Å². The van der Waals surface area contributed by atoms with Crippen LogP contribution in [0.5, 0.6) is 0 Å². The highest BCUT2D eigenvalue weighted by Gasteiger charge is 2.37. The zero-order chi connectivity index (χ0) is 32.2. The molecule has 0 radical (unpaired) electrons. The van der Waals surface area contributed by atoms with E-state index in [-0.39, 0.29) is 59.4 Å². The zero-order valence-electron chi connectivity index (χ0n) is 25.7. The molecule has 0 bridgehead atoms. The number of pyridine rings is 1. The van der Waals surface area contributed by atoms with Gasteiger partial charge in [0.1, 0.15) is 5.82 Å². The van der Waals surface area contributed by atoms with Crippen molar-refractivity contribution in [3.8, 4) is 11.8 Å². The van der Waals surface area contributed by atoms with Crippen molar-refractivity contribution in [2.45, 2.75) is 75.9 Å². The number of anilines is 2. The molecule has 43 heavy (non-hydrogen) atoms. The maximum absolute atomic E-state index is 14.2. The number of hydrogen-bond donors (Lipinski definition) is 2. The molecule has 1 saturated heterocycles. The van der Waals surface area contributed by atoms with Crippen molar-refractivity contribution in [3.63, 3.8) is 0 Å². The van der Waals surface area contributed by atoms with Gasteiger partial charge in [0.2, 0.25) is 5.92 Å². The Labute approximate surface area is 253 Å². The van der Waals surface area contributed by atoms with E-state index in [0.717, 1.165) is 0 Å². The third-order valence-electron chi connectivity index (χ3n) is 7.88. The van der Waals surface area contributed by atoms with Crippen molar-refractivity contribution < 1.29 is 32.1 Å². The second-order valence-corrected chi connectivity index (χ2v) is 19.3. The van der Waals surface area contributed by atoms with Crippen molar-refractivity contribution in [1.29, 1.82) is 0 Å². The van der Waals surface area contributed by atoms with Crippen LogP contribution in [0.2, 0.25) is 18.1 Å². The zero-order valence-corrected chi connectivity index (χ0v) is 27.5. The number of aromatic nitrogens is 1. The van der Waals surface area contributed by atoms with Crippen LogP contribution in [-0.2, 0) is 14.2 Å². The van der Waals surface area contributed by atoms with E-state index in [1.165, 1.54) is 24.5 Å². The SMILES string of the molecule is Cc1c(C#CCO[Si](C)(C)C(C)(C)C)cnc(N2CCCC(F)(F)CC2)c1C(=O)Nc1cccc(S(C)(=O)=NC(=O)O)c1. The Kier molecular flexibility index (Phi) is 10.4. The Morgan fingerprint density at radius 2 is 1.95 bits per heavy atom. The van der Waals surface area contributed by atoms with E-state index in [0.29, 0.717) is 17.7 Å². The van der Waals surface area contributed by atoms with Crippen LogP contribution in [0, 0.1) is 18.8 Å². The van der Waals surface area contributed by atoms with Crippen molar-refractivity contribution in [2.75, 3.05) is 36.2 Å². The van der Waals surface area contributed by atoms with Gasteiger partial charge < -0.3 is 19.7 Å². The molecule has 13 heteroatoms. The van der Waals surface area contributed by atoms with Crippen molar-refractivity contribution in [2.24, 2.45) is 4.36 Å². The molecule has 1 aromatic heterocycles. The van der Waals surface area contributed by atoms with Crippen molar-refractivity contribution in [1.82, 2.24) is 4.98 Å². The average Bonchev–Trinajstić information content (AvgIpc) is 3.06. The number of rotatable bonds is 6. The van der Waals surface area contributed by atoms with E-state index < -0.39 is 36.0 Å². The molecule has 1 unspecified atom stereocenters. The minimum Gasteiger partial charge on any atom is -0.463 e. The van der Waals surface area contributed by atoms with E-state index in [1.807, 2.05) is 0 Å². The summed E-state index contributed by atoms with van der Waals surface area (Å²) in [6.45, 7) is 12.9. The molecular weight excluding hydrogens is 595 g/mol. The van der Waals surface area contributed by atoms with Crippen LogP contribution < -0.4 is 10.2 Å². The minimum atomic E-state index is -3.27. The second kappa shape index (κ2) is 13.1. The lowest BCUT2D eigenvalue weighted by Gasteiger charge is -2.35. The lowest BCUT2D eigenvalue weighted by Crippen LogP contribution is -2.40. The van der Waals surface area contributed by atoms with E-state index >= 15 is 0 Å². The summed E-state index contributed by atoms with van der Waals surface area (Å²) in [5.41, 5.74) is 1.46. The Bertz CT molecular complexity index is 1570. The minimum absolute atomic E-state index is 0.0209. The molecule has 1 atom stereocenters. The molecule has 2 N–H and O–H groups in total. The first-order valence-electron chi connectivity index (χ1n) is 13.9. The Hall–Kier alpha value is -3.34. The highest BCUT2D eigenvalue weighted by atomic mass is 32.2. The smallest absolute Gasteiger partial charge is 0.439 e. The van der Waals surface area contributed by atoms with E-state index in [4.69, 9.17) is 9.53 Å². The van der Waals surface area contributed by atoms with Crippen LogP contribution in [0.15, 0.2) is 39.7 Å². The summed E-state index contributed by atoms with van der Waals surface area (Å²) in [7, 11) is -5.28. The fraction of sp³-hybridized carbons (Fsp3) is 0.500. The summed E-state index contributed by atoms with van der Waals surface area (Å²) in [5.74, 6) is 3.01. The van der Waals surface area contributed by atoms with Gasteiger partial charge in [0.15, 0.2) is 8.32 Å². The second-order valence-electron chi connectivity index (χ2n) is 12.2. The Balaban J connectivity index is 2.01. The molecular formula is C30H40F2N4O5SSi. The monoisotopic (exact) mass is 634 g/mol. The molecule has 1 fully saturated rings. The van der Waals surface area contributed by atoms with Crippen LogP contribution >= 0.6 is 0 Å². The third-order valence-corrected chi connectivity index (χ3v) is 14.0. The number of carbonyl (C=O) groups excluding carboxylic acids is 1. The first-order valence-corrected chi connectivity index (χ1v) is 18.8. The number of alkyl halides is 2. The van der Waals surface area contributed by atoms with Gasteiger partial charge in [-0.1, -0.05) is 38.7 Å². The Morgan fingerprint density at radius 3 is 2.60 bits per heavy atom. The number of amides is 2. The van der Waals surface area contributed by atoms with Crippen LogP contribution in [-0.4, -0.2) is 66.5 Å².